The number of hydrogen-bond donors (Lipinski definition) is 1. The van der Waals surface area contributed by atoms with E-state index in [1.165, 1.54) is 12.7 Å². The van der Waals surface area contributed by atoms with E-state index in [-0.39, 0.29) is 18.4 Å². The number of allylic oxidation sites excluding steroid dienone is 1. The van der Waals surface area contributed by atoms with Gasteiger partial charge in [0.25, 0.3) is 0 Å². The smallest absolute Gasteiger partial charge is 0.325 e. The molecule has 2 rings (SSSR count). The van der Waals surface area contributed by atoms with E-state index in [4.69, 9.17) is 0 Å². The maximum Gasteiger partial charge on any atom is 0.325 e. The highest BCUT2D eigenvalue weighted by atomic mass is 16.5. The van der Waals surface area contributed by atoms with Crippen LogP contribution in [0.5, 0.6) is 0 Å². The van der Waals surface area contributed by atoms with Gasteiger partial charge in [-0.1, -0.05) is 72.8 Å². The summed E-state index contributed by atoms with van der Waals surface area (Å²) in [7, 11) is 1.30. The van der Waals surface area contributed by atoms with Gasteiger partial charge in [-0.3, -0.25) is 9.59 Å². The second-order valence-corrected chi connectivity index (χ2v) is 6.04. The molecule has 0 fully saturated rings. The van der Waals surface area contributed by atoms with E-state index in [9.17, 15) is 9.59 Å². The molecule has 4 nitrogen and oxygen atoms in total. The number of amides is 1. The molecule has 0 aromatic heterocycles. The number of benzene rings is 2. The predicted octanol–water partition coefficient (Wildman–Crippen LogP) is 3.32. The molecule has 0 spiro atoms. The highest BCUT2D eigenvalue weighted by molar-refractivity contribution is 5.84. The van der Waals surface area contributed by atoms with E-state index in [0.29, 0.717) is 6.42 Å². The first-order valence-corrected chi connectivity index (χ1v) is 8.78. The van der Waals surface area contributed by atoms with Crippen molar-refractivity contribution in [3.63, 3.8) is 0 Å². The molecule has 1 atom stereocenters. The first-order chi connectivity index (χ1) is 12.7. The van der Waals surface area contributed by atoms with Crippen LogP contribution >= 0.6 is 0 Å². The molecule has 0 heterocycles. The molecule has 4 heteroatoms. The van der Waals surface area contributed by atoms with E-state index < -0.39 is 5.97 Å². The second kappa shape index (κ2) is 10.9. The largest absolute Gasteiger partial charge is 0.468 e. The lowest BCUT2D eigenvalue weighted by Gasteiger charge is -2.13. The molecule has 2 aromatic rings. The molecule has 0 bridgehead atoms. The molecule has 0 aliphatic carbocycles. The van der Waals surface area contributed by atoms with Crippen LogP contribution in [0.1, 0.15) is 17.5 Å². The fourth-order valence-electron chi connectivity index (χ4n) is 2.63. The normalized spacial score (nSPS) is 11.9. The Morgan fingerprint density at radius 2 is 1.62 bits per heavy atom. The van der Waals surface area contributed by atoms with Crippen molar-refractivity contribution < 1.29 is 14.3 Å². The van der Waals surface area contributed by atoms with Gasteiger partial charge in [-0.25, -0.2) is 0 Å². The third-order valence-electron chi connectivity index (χ3n) is 4.08. The van der Waals surface area contributed by atoms with E-state index in [0.717, 1.165) is 18.4 Å². The Kier molecular flexibility index (Phi) is 8.13. The van der Waals surface area contributed by atoms with E-state index >= 15 is 0 Å². The van der Waals surface area contributed by atoms with Gasteiger partial charge in [0.1, 0.15) is 6.54 Å². The maximum atomic E-state index is 12.5. The van der Waals surface area contributed by atoms with Crippen molar-refractivity contribution in [3.05, 3.63) is 83.9 Å². The third kappa shape index (κ3) is 6.93. The molecule has 2 aromatic carbocycles. The Hall–Kier alpha value is -2.88. The summed E-state index contributed by atoms with van der Waals surface area (Å²) >= 11 is 0. The van der Waals surface area contributed by atoms with Crippen LogP contribution in [0.4, 0.5) is 0 Å². The van der Waals surface area contributed by atoms with Crippen molar-refractivity contribution >= 4 is 11.9 Å². The average Bonchev–Trinajstić information content (AvgIpc) is 2.69. The number of aryl methyl sites for hydroxylation is 1. The van der Waals surface area contributed by atoms with Gasteiger partial charge >= 0.3 is 5.97 Å². The van der Waals surface area contributed by atoms with E-state index in [1.54, 1.807) is 0 Å². The highest BCUT2D eigenvalue weighted by Gasteiger charge is 2.16. The van der Waals surface area contributed by atoms with Crippen LogP contribution in [-0.2, 0) is 27.2 Å². The summed E-state index contributed by atoms with van der Waals surface area (Å²) in [6.07, 6.45) is 6.36. The van der Waals surface area contributed by atoms with Crippen molar-refractivity contribution in [1.82, 2.24) is 5.32 Å². The quantitative estimate of drug-likeness (QED) is 0.557. The number of methoxy groups -OCH3 is 1. The Labute approximate surface area is 154 Å². The van der Waals surface area contributed by atoms with Crippen molar-refractivity contribution in [1.29, 1.82) is 0 Å². The fourth-order valence-corrected chi connectivity index (χ4v) is 2.63. The molecule has 1 N–H and O–H groups in total. The van der Waals surface area contributed by atoms with E-state index in [2.05, 4.69) is 22.2 Å². The molecular weight excluding hydrogens is 326 g/mol. The summed E-state index contributed by atoms with van der Waals surface area (Å²) in [4.78, 5) is 23.7. The zero-order valence-electron chi connectivity index (χ0n) is 15.1. The first kappa shape index (κ1) is 19.4. The topological polar surface area (TPSA) is 55.4 Å². The van der Waals surface area contributed by atoms with Crippen molar-refractivity contribution in [2.75, 3.05) is 13.7 Å². The van der Waals surface area contributed by atoms with Gasteiger partial charge in [0.05, 0.1) is 13.0 Å². The first-order valence-electron chi connectivity index (χ1n) is 8.78. The van der Waals surface area contributed by atoms with Gasteiger partial charge in [-0.05, 0) is 30.4 Å². The Morgan fingerprint density at radius 1 is 1.00 bits per heavy atom. The van der Waals surface area contributed by atoms with Gasteiger partial charge in [-0.15, -0.1) is 0 Å². The number of rotatable bonds is 9. The molecule has 0 saturated heterocycles. The molecule has 1 amide bonds. The van der Waals surface area contributed by atoms with Crippen LogP contribution in [0.25, 0.3) is 0 Å². The van der Waals surface area contributed by atoms with Crippen LogP contribution in [-0.4, -0.2) is 25.5 Å². The van der Waals surface area contributed by atoms with Gasteiger partial charge in [-0.2, -0.15) is 0 Å². The highest BCUT2D eigenvalue weighted by Crippen LogP contribution is 2.12. The molecule has 0 aliphatic rings. The number of carbonyl (C=O) groups is 2. The molecule has 0 radical (unpaired) electrons. The number of nitrogens with one attached hydrogen (secondary N) is 1. The van der Waals surface area contributed by atoms with Crippen LogP contribution in [0.3, 0.4) is 0 Å². The Balaban J connectivity index is 1.95. The summed E-state index contributed by atoms with van der Waals surface area (Å²) in [6, 6.07) is 20.1. The monoisotopic (exact) mass is 351 g/mol. The molecule has 1 unspecified atom stereocenters. The van der Waals surface area contributed by atoms with Crippen LogP contribution in [0.2, 0.25) is 0 Å². The average molecular weight is 351 g/mol. The van der Waals surface area contributed by atoms with Crippen molar-refractivity contribution in [2.45, 2.75) is 19.3 Å². The van der Waals surface area contributed by atoms with Gasteiger partial charge in [0.15, 0.2) is 0 Å². The third-order valence-corrected chi connectivity index (χ3v) is 4.08. The minimum atomic E-state index is -0.454. The van der Waals surface area contributed by atoms with Gasteiger partial charge in [0.2, 0.25) is 5.91 Å². The lowest BCUT2D eigenvalue weighted by molar-refractivity contribution is -0.141. The molecule has 136 valence electrons. The van der Waals surface area contributed by atoms with Crippen LogP contribution in [0, 0.1) is 5.92 Å². The molecule has 0 aliphatic heterocycles. The second-order valence-electron chi connectivity index (χ2n) is 6.04. The fraction of sp³-hybridized carbons (Fsp3) is 0.273. The standard InChI is InChI=1S/C22H25NO3/c1-26-21(24)17-23-22(25)20(16-19-13-6-3-7-14-19)15-9-8-12-18-10-4-2-5-11-18/h2-7,9-11,13-15,20H,8,12,16-17H2,1H3,(H,23,25)/b15-9-. The van der Waals surface area contributed by atoms with E-state index in [1.807, 2.05) is 60.7 Å². The lowest BCUT2D eigenvalue weighted by atomic mass is 9.97. The predicted molar refractivity (Wildman–Crippen MR) is 103 cm³/mol. The molecular formula is C22H25NO3. The van der Waals surface area contributed by atoms with Crippen molar-refractivity contribution in [3.8, 4) is 0 Å². The van der Waals surface area contributed by atoms with Gasteiger partial charge in [0, 0.05) is 0 Å². The minimum absolute atomic E-state index is 0.113. The number of esters is 1. The summed E-state index contributed by atoms with van der Waals surface area (Å²) < 4.78 is 4.57. The Bertz CT molecular complexity index is 711. The summed E-state index contributed by atoms with van der Waals surface area (Å²) in [5.74, 6) is -0.946. The molecule has 26 heavy (non-hydrogen) atoms. The zero-order valence-corrected chi connectivity index (χ0v) is 15.1. The number of ether oxygens (including phenoxy) is 1. The maximum absolute atomic E-state index is 12.5. The number of hydrogen-bond acceptors (Lipinski definition) is 3. The summed E-state index contributed by atoms with van der Waals surface area (Å²) in [5, 5.41) is 2.65. The SMILES string of the molecule is COC(=O)CNC(=O)C(/C=C\CCc1ccccc1)Cc1ccccc1. The summed E-state index contributed by atoms with van der Waals surface area (Å²) in [5.41, 5.74) is 2.35. The zero-order chi connectivity index (χ0) is 18.6. The van der Waals surface area contributed by atoms with Crippen LogP contribution in [0.15, 0.2) is 72.8 Å². The minimum Gasteiger partial charge on any atom is -0.468 e. The Morgan fingerprint density at radius 3 is 2.23 bits per heavy atom. The summed E-state index contributed by atoms with van der Waals surface area (Å²) in [6.45, 7) is -0.113. The molecule has 0 saturated carbocycles. The van der Waals surface area contributed by atoms with Crippen LogP contribution < -0.4 is 5.32 Å². The number of carbonyl (C=O) groups excluding carboxylic acids is 2. The van der Waals surface area contributed by atoms with Gasteiger partial charge < -0.3 is 10.1 Å². The lowest BCUT2D eigenvalue weighted by Crippen LogP contribution is -2.35. The van der Waals surface area contributed by atoms with Crippen molar-refractivity contribution in [2.24, 2.45) is 5.92 Å².